The Hall–Kier alpha value is -0.610. The lowest BCUT2D eigenvalue weighted by Gasteiger charge is -2.16. The lowest BCUT2D eigenvalue weighted by atomic mass is 10.2. The number of hydrogen-bond donors (Lipinski definition) is 0. The zero-order valence-electron chi connectivity index (χ0n) is 8.49. The molecular weight excluding hydrogens is 172 g/mol. The van der Waals surface area contributed by atoms with Crippen LogP contribution >= 0.6 is 0 Å². The van der Waals surface area contributed by atoms with Crippen molar-refractivity contribution in [3.63, 3.8) is 0 Å². The standard InChI is InChI=1S/C9H16O4/c1-5-11-8(10)7-6(2)12-9(3,4)13-7/h6-7H,5H2,1-4H3/t6-,7-/m1/s1. The first-order valence-electron chi connectivity index (χ1n) is 4.48. The summed E-state index contributed by atoms with van der Waals surface area (Å²) in [5, 5.41) is 0. The van der Waals surface area contributed by atoms with Gasteiger partial charge in [0.1, 0.15) is 0 Å². The molecule has 0 spiro atoms. The van der Waals surface area contributed by atoms with Crippen molar-refractivity contribution < 1.29 is 19.0 Å². The molecule has 0 unspecified atom stereocenters. The van der Waals surface area contributed by atoms with E-state index in [-0.39, 0.29) is 12.1 Å². The summed E-state index contributed by atoms with van der Waals surface area (Å²) in [6.07, 6.45) is -0.830. The van der Waals surface area contributed by atoms with E-state index < -0.39 is 11.9 Å². The molecule has 0 aliphatic carbocycles. The third-order valence-corrected chi connectivity index (χ3v) is 1.83. The van der Waals surface area contributed by atoms with Crippen molar-refractivity contribution in [2.75, 3.05) is 6.61 Å². The van der Waals surface area contributed by atoms with E-state index in [1.807, 2.05) is 0 Å². The highest BCUT2D eigenvalue weighted by atomic mass is 16.8. The molecule has 1 rings (SSSR count). The van der Waals surface area contributed by atoms with Gasteiger partial charge in [-0.2, -0.15) is 0 Å². The highest BCUT2D eigenvalue weighted by molar-refractivity contribution is 5.75. The third kappa shape index (κ3) is 2.42. The molecule has 0 N–H and O–H groups in total. The Morgan fingerprint density at radius 2 is 2.08 bits per heavy atom. The second-order valence-electron chi connectivity index (χ2n) is 3.51. The zero-order chi connectivity index (χ0) is 10.1. The van der Waals surface area contributed by atoms with Gasteiger partial charge in [0.2, 0.25) is 0 Å². The van der Waals surface area contributed by atoms with E-state index in [1.54, 1.807) is 27.7 Å². The summed E-state index contributed by atoms with van der Waals surface area (Å²) in [6.45, 7) is 7.50. The van der Waals surface area contributed by atoms with Crippen molar-refractivity contribution in [2.24, 2.45) is 0 Å². The Bertz CT molecular complexity index is 200. The topological polar surface area (TPSA) is 44.8 Å². The van der Waals surface area contributed by atoms with E-state index in [2.05, 4.69) is 0 Å². The molecule has 13 heavy (non-hydrogen) atoms. The molecule has 4 heteroatoms. The molecule has 0 radical (unpaired) electrons. The first kappa shape index (κ1) is 10.5. The van der Waals surface area contributed by atoms with E-state index in [0.29, 0.717) is 6.61 Å². The lowest BCUT2D eigenvalue weighted by Crippen LogP contribution is -2.31. The number of ether oxygens (including phenoxy) is 3. The van der Waals surface area contributed by atoms with Crippen LogP contribution in [-0.4, -0.2) is 30.6 Å². The van der Waals surface area contributed by atoms with Crippen LogP contribution in [0.3, 0.4) is 0 Å². The number of hydrogen-bond acceptors (Lipinski definition) is 4. The van der Waals surface area contributed by atoms with E-state index in [9.17, 15) is 4.79 Å². The first-order chi connectivity index (χ1) is 5.96. The average molecular weight is 188 g/mol. The molecule has 2 atom stereocenters. The molecule has 0 aromatic carbocycles. The first-order valence-corrected chi connectivity index (χ1v) is 4.48. The summed E-state index contributed by atoms with van der Waals surface area (Å²) in [4.78, 5) is 11.3. The van der Waals surface area contributed by atoms with Crippen LogP contribution < -0.4 is 0 Å². The van der Waals surface area contributed by atoms with Gasteiger partial charge in [0, 0.05) is 0 Å². The molecule has 0 aromatic rings. The van der Waals surface area contributed by atoms with Gasteiger partial charge in [-0.15, -0.1) is 0 Å². The second kappa shape index (κ2) is 3.64. The summed E-state index contributed by atoms with van der Waals surface area (Å²) in [7, 11) is 0. The van der Waals surface area contributed by atoms with Crippen molar-refractivity contribution in [3.05, 3.63) is 0 Å². The fourth-order valence-corrected chi connectivity index (χ4v) is 1.40. The maximum Gasteiger partial charge on any atom is 0.338 e. The minimum absolute atomic E-state index is 0.242. The Morgan fingerprint density at radius 1 is 1.46 bits per heavy atom. The SMILES string of the molecule is CCOC(=O)[C@@H]1OC(C)(C)O[C@@H]1C. The molecule has 76 valence electrons. The van der Waals surface area contributed by atoms with Crippen molar-refractivity contribution >= 4 is 5.97 Å². The molecular formula is C9H16O4. The van der Waals surface area contributed by atoms with Crippen LogP contribution in [-0.2, 0) is 19.0 Å². The number of carbonyl (C=O) groups is 1. The van der Waals surface area contributed by atoms with Crippen LogP contribution in [0.5, 0.6) is 0 Å². The van der Waals surface area contributed by atoms with Crippen LogP contribution in [0.1, 0.15) is 27.7 Å². The Labute approximate surface area is 78.2 Å². The quantitative estimate of drug-likeness (QED) is 0.608. The molecule has 0 aromatic heterocycles. The highest BCUT2D eigenvalue weighted by Gasteiger charge is 2.43. The maximum atomic E-state index is 11.3. The predicted octanol–water partition coefficient (Wildman–Crippen LogP) is 1.09. The molecule has 4 nitrogen and oxygen atoms in total. The fourth-order valence-electron chi connectivity index (χ4n) is 1.40. The van der Waals surface area contributed by atoms with Crippen LogP contribution in [0.2, 0.25) is 0 Å². The van der Waals surface area contributed by atoms with Gasteiger partial charge >= 0.3 is 5.97 Å². The minimum Gasteiger partial charge on any atom is -0.464 e. The molecule has 0 bridgehead atoms. The summed E-state index contributed by atoms with van der Waals surface area (Å²) in [5.41, 5.74) is 0. The normalized spacial score (nSPS) is 31.7. The fraction of sp³-hybridized carbons (Fsp3) is 0.889. The zero-order valence-corrected chi connectivity index (χ0v) is 8.49. The van der Waals surface area contributed by atoms with Crippen LogP contribution in [0.15, 0.2) is 0 Å². The molecule has 0 amide bonds. The molecule has 1 aliphatic rings. The van der Waals surface area contributed by atoms with Crippen LogP contribution in [0.4, 0.5) is 0 Å². The monoisotopic (exact) mass is 188 g/mol. The molecule has 1 aliphatic heterocycles. The highest BCUT2D eigenvalue weighted by Crippen LogP contribution is 2.28. The lowest BCUT2D eigenvalue weighted by molar-refractivity contribution is -0.169. The van der Waals surface area contributed by atoms with Gasteiger partial charge in [0.15, 0.2) is 11.9 Å². The second-order valence-corrected chi connectivity index (χ2v) is 3.51. The number of carbonyl (C=O) groups excluding carboxylic acids is 1. The summed E-state index contributed by atoms with van der Waals surface area (Å²) in [5.74, 6) is -1.03. The van der Waals surface area contributed by atoms with Gasteiger partial charge in [0.25, 0.3) is 0 Å². The van der Waals surface area contributed by atoms with Crippen LogP contribution in [0.25, 0.3) is 0 Å². The Balaban J connectivity index is 2.57. The van der Waals surface area contributed by atoms with Gasteiger partial charge in [-0.3, -0.25) is 0 Å². The summed E-state index contributed by atoms with van der Waals surface area (Å²) < 4.78 is 15.6. The number of rotatable bonds is 2. The van der Waals surface area contributed by atoms with Gasteiger partial charge in [-0.1, -0.05) is 0 Å². The predicted molar refractivity (Wildman–Crippen MR) is 46.1 cm³/mol. The number of esters is 1. The largest absolute Gasteiger partial charge is 0.464 e. The molecule has 1 saturated heterocycles. The van der Waals surface area contributed by atoms with Crippen molar-refractivity contribution in [1.29, 1.82) is 0 Å². The van der Waals surface area contributed by atoms with Crippen molar-refractivity contribution in [2.45, 2.75) is 45.7 Å². The van der Waals surface area contributed by atoms with Gasteiger partial charge < -0.3 is 14.2 Å². The Morgan fingerprint density at radius 3 is 2.46 bits per heavy atom. The van der Waals surface area contributed by atoms with Crippen LogP contribution in [0, 0.1) is 0 Å². The van der Waals surface area contributed by atoms with Gasteiger partial charge in [-0.25, -0.2) is 4.79 Å². The smallest absolute Gasteiger partial charge is 0.338 e. The molecule has 1 fully saturated rings. The van der Waals surface area contributed by atoms with E-state index >= 15 is 0 Å². The third-order valence-electron chi connectivity index (χ3n) is 1.83. The molecule has 0 saturated carbocycles. The van der Waals surface area contributed by atoms with E-state index in [0.717, 1.165) is 0 Å². The minimum atomic E-state index is -0.684. The van der Waals surface area contributed by atoms with Gasteiger partial charge in [0.05, 0.1) is 12.7 Å². The summed E-state index contributed by atoms with van der Waals surface area (Å²) >= 11 is 0. The Kier molecular flexibility index (Phi) is 2.93. The molecule has 1 heterocycles. The maximum absolute atomic E-state index is 11.3. The summed E-state index contributed by atoms with van der Waals surface area (Å²) in [6, 6.07) is 0. The van der Waals surface area contributed by atoms with E-state index in [1.165, 1.54) is 0 Å². The average Bonchev–Trinajstić information content (AvgIpc) is 2.25. The van der Waals surface area contributed by atoms with E-state index in [4.69, 9.17) is 14.2 Å². The van der Waals surface area contributed by atoms with Gasteiger partial charge in [-0.05, 0) is 27.7 Å². The van der Waals surface area contributed by atoms with Crippen molar-refractivity contribution in [3.8, 4) is 0 Å². The van der Waals surface area contributed by atoms with Crippen molar-refractivity contribution in [1.82, 2.24) is 0 Å².